The van der Waals surface area contributed by atoms with Crippen LogP contribution in [0.2, 0.25) is 0 Å². The molecule has 7 nitrogen and oxygen atoms in total. The summed E-state index contributed by atoms with van der Waals surface area (Å²) in [4.78, 5) is 24.9. The van der Waals surface area contributed by atoms with Crippen LogP contribution in [-0.2, 0) is 16.0 Å². The lowest BCUT2D eigenvalue weighted by Crippen LogP contribution is -2.39. The van der Waals surface area contributed by atoms with E-state index in [0.29, 0.717) is 0 Å². The Morgan fingerprint density at radius 3 is 2.04 bits per heavy atom. The molecular formula is C18H20FNO6S. The minimum Gasteiger partial charge on any atom is -0.479 e. The quantitative estimate of drug-likeness (QED) is 0.520. The largest absolute Gasteiger partial charge is 0.479 e. The third kappa shape index (κ3) is 8.63. The highest BCUT2D eigenvalue weighted by Gasteiger charge is 2.29. The van der Waals surface area contributed by atoms with Crippen molar-refractivity contribution in [1.29, 1.82) is 0 Å². The second kappa shape index (κ2) is 11.3. The van der Waals surface area contributed by atoms with Gasteiger partial charge in [0, 0.05) is 22.5 Å². The van der Waals surface area contributed by atoms with Crippen molar-refractivity contribution in [2.45, 2.75) is 30.4 Å². The zero-order valence-corrected chi connectivity index (χ0v) is 15.3. The molecule has 0 saturated carbocycles. The molecule has 27 heavy (non-hydrogen) atoms. The number of pyridine rings is 1. The van der Waals surface area contributed by atoms with Crippen LogP contribution in [0.25, 0.3) is 0 Å². The van der Waals surface area contributed by atoms with Crippen LogP contribution in [0, 0.1) is 12.7 Å². The molecule has 0 saturated heterocycles. The summed E-state index contributed by atoms with van der Waals surface area (Å²) >= 11 is 1.73. The van der Waals surface area contributed by atoms with Crippen LogP contribution >= 0.6 is 11.8 Å². The highest BCUT2D eigenvalue weighted by Crippen LogP contribution is 2.19. The van der Waals surface area contributed by atoms with Gasteiger partial charge in [0.2, 0.25) is 0 Å². The number of thioether (sulfide) groups is 1. The fraction of sp³-hybridized carbons (Fsp3) is 0.278. The second-order valence-corrected chi connectivity index (χ2v) is 6.59. The van der Waals surface area contributed by atoms with Crippen molar-refractivity contribution in [2.24, 2.45) is 0 Å². The van der Waals surface area contributed by atoms with Crippen LogP contribution < -0.4 is 0 Å². The first-order valence-electron chi connectivity index (χ1n) is 7.82. The van der Waals surface area contributed by atoms with Gasteiger partial charge in [0.05, 0.1) is 0 Å². The highest BCUT2D eigenvalue weighted by molar-refractivity contribution is 7.99. The number of rotatable bonds is 7. The number of carbonyl (C=O) groups is 2. The van der Waals surface area contributed by atoms with Gasteiger partial charge in [-0.2, -0.15) is 0 Å². The lowest BCUT2D eigenvalue weighted by atomic mass is 10.2. The topological polar surface area (TPSA) is 128 Å². The molecule has 0 radical (unpaired) electrons. The summed E-state index contributed by atoms with van der Waals surface area (Å²) in [5.41, 5.74) is 2.28. The number of aryl methyl sites for hydroxylation is 2. The molecule has 146 valence electrons. The molecule has 4 N–H and O–H groups in total. The van der Waals surface area contributed by atoms with Gasteiger partial charge in [0.1, 0.15) is 5.82 Å². The molecule has 0 bridgehead atoms. The number of aliphatic hydroxyl groups is 2. The number of benzene rings is 1. The van der Waals surface area contributed by atoms with Gasteiger partial charge in [-0.15, -0.1) is 11.8 Å². The van der Waals surface area contributed by atoms with Gasteiger partial charge in [-0.05, 0) is 49.2 Å². The number of hydrogen-bond donors (Lipinski definition) is 4. The second-order valence-electron chi connectivity index (χ2n) is 5.43. The van der Waals surface area contributed by atoms with Gasteiger partial charge in [-0.25, -0.2) is 14.0 Å². The predicted molar refractivity (Wildman–Crippen MR) is 97.1 cm³/mol. The first-order valence-corrected chi connectivity index (χ1v) is 8.81. The normalized spacial score (nSPS) is 12.4. The number of halogens is 1. The maximum Gasteiger partial charge on any atom is 0.335 e. The summed E-state index contributed by atoms with van der Waals surface area (Å²) in [5.74, 6) is -2.74. The van der Waals surface area contributed by atoms with Crippen LogP contribution in [-0.4, -0.2) is 55.3 Å². The maximum atomic E-state index is 12.7. The van der Waals surface area contributed by atoms with Gasteiger partial charge in [0.15, 0.2) is 12.2 Å². The zero-order chi connectivity index (χ0) is 20.4. The summed E-state index contributed by atoms with van der Waals surface area (Å²) in [7, 11) is 0. The molecule has 2 unspecified atom stereocenters. The lowest BCUT2D eigenvalue weighted by Gasteiger charge is -2.07. The molecule has 0 aliphatic rings. The number of carboxylic acids is 2. The van der Waals surface area contributed by atoms with Crippen molar-refractivity contribution in [1.82, 2.24) is 4.98 Å². The number of nitrogens with zero attached hydrogens (tertiary/aromatic N) is 1. The first-order chi connectivity index (χ1) is 12.7. The molecular weight excluding hydrogens is 377 g/mol. The van der Waals surface area contributed by atoms with Crippen LogP contribution in [0.15, 0.2) is 47.5 Å². The average Bonchev–Trinajstić information content (AvgIpc) is 2.64. The van der Waals surface area contributed by atoms with E-state index in [1.807, 2.05) is 31.3 Å². The van der Waals surface area contributed by atoms with Crippen molar-refractivity contribution >= 4 is 23.7 Å². The molecule has 1 heterocycles. The molecule has 2 atom stereocenters. The van der Waals surface area contributed by atoms with Crippen LogP contribution in [0.3, 0.4) is 0 Å². The van der Waals surface area contributed by atoms with Crippen molar-refractivity contribution < 1.29 is 34.4 Å². The Kier molecular flexibility index (Phi) is 9.41. The van der Waals surface area contributed by atoms with Crippen molar-refractivity contribution in [3.8, 4) is 0 Å². The van der Waals surface area contributed by atoms with E-state index in [2.05, 4.69) is 11.1 Å². The van der Waals surface area contributed by atoms with E-state index >= 15 is 0 Å². The summed E-state index contributed by atoms with van der Waals surface area (Å²) in [6.45, 7) is 1.98. The minimum atomic E-state index is -2.27. The molecule has 1 aromatic heterocycles. The molecule has 0 aliphatic heterocycles. The summed E-state index contributed by atoms with van der Waals surface area (Å²) < 4.78 is 12.7. The molecule has 1 aromatic carbocycles. The van der Waals surface area contributed by atoms with Crippen LogP contribution in [0.4, 0.5) is 4.39 Å². The lowest BCUT2D eigenvalue weighted by molar-refractivity contribution is -0.165. The van der Waals surface area contributed by atoms with Gasteiger partial charge in [-0.1, -0.05) is 6.07 Å². The standard InChI is InChI=1S/C14H14FNS.C4H6O6/c1-11-2-3-12(10-16-11)8-9-17-14-6-4-13(15)5-7-14;5-1(3(7)8)2(6)4(9)10/h2-7,10H,8-9H2,1H3;1-2,5-6H,(H,7,8)(H,9,10). The van der Waals surface area contributed by atoms with E-state index in [9.17, 15) is 14.0 Å². The summed E-state index contributed by atoms with van der Waals surface area (Å²) in [6, 6.07) is 10.7. The molecule has 2 aromatic rings. The number of aliphatic hydroxyl groups excluding tert-OH is 2. The Hall–Kier alpha value is -2.49. The average molecular weight is 397 g/mol. The smallest absolute Gasteiger partial charge is 0.335 e. The van der Waals surface area contributed by atoms with E-state index in [1.165, 1.54) is 17.7 Å². The van der Waals surface area contributed by atoms with Crippen molar-refractivity contribution in [3.63, 3.8) is 0 Å². The van der Waals surface area contributed by atoms with Gasteiger partial charge in [0.25, 0.3) is 0 Å². The minimum absolute atomic E-state index is 0.183. The fourth-order valence-corrected chi connectivity index (χ4v) is 2.64. The Balaban J connectivity index is 0.000000314. The Labute approximate surface area is 159 Å². The van der Waals surface area contributed by atoms with Gasteiger partial charge in [-0.3, -0.25) is 4.98 Å². The molecule has 0 aliphatic carbocycles. The zero-order valence-electron chi connectivity index (χ0n) is 14.4. The van der Waals surface area contributed by atoms with E-state index in [-0.39, 0.29) is 5.82 Å². The Morgan fingerprint density at radius 1 is 1.04 bits per heavy atom. The third-order valence-corrected chi connectivity index (χ3v) is 4.26. The van der Waals surface area contributed by atoms with E-state index in [1.54, 1.807) is 11.8 Å². The monoisotopic (exact) mass is 397 g/mol. The van der Waals surface area contributed by atoms with E-state index in [0.717, 1.165) is 22.8 Å². The maximum absolute atomic E-state index is 12.7. The number of carboxylic acid groups (broad SMARTS) is 2. The fourth-order valence-electron chi connectivity index (χ4n) is 1.73. The molecule has 2 rings (SSSR count). The third-order valence-electron chi connectivity index (χ3n) is 3.25. The molecule has 0 amide bonds. The highest BCUT2D eigenvalue weighted by atomic mass is 32.2. The number of hydrogen-bond acceptors (Lipinski definition) is 6. The molecule has 0 fully saturated rings. The Morgan fingerprint density at radius 2 is 1.59 bits per heavy atom. The first kappa shape index (κ1) is 22.6. The SMILES string of the molecule is Cc1ccc(CCSc2ccc(F)cc2)cn1.O=C(O)C(O)C(O)C(=O)O. The number of aromatic nitrogens is 1. The van der Waals surface area contributed by atoms with E-state index < -0.39 is 24.1 Å². The van der Waals surface area contributed by atoms with Crippen molar-refractivity contribution in [2.75, 3.05) is 5.75 Å². The summed E-state index contributed by atoms with van der Waals surface area (Å²) in [5, 5.41) is 32.5. The van der Waals surface area contributed by atoms with Gasteiger partial charge >= 0.3 is 11.9 Å². The van der Waals surface area contributed by atoms with Crippen LogP contribution in [0.5, 0.6) is 0 Å². The van der Waals surface area contributed by atoms with Crippen LogP contribution in [0.1, 0.15) is 11.3 Å². The van der Waals surface area contributed by atoms with Gasteiger partial charge < -0.3 is 20.4 Å². The Bertz CT molecular complexity index is 675. The predicted octanol–water partition coefficient (Wildman–Crippen LogP) is 1.74. The van der Waals surface area contributed by atoms with Crippen molar-refractivity contribution in [3.05, 3.63) is 59.7 Å². The summed E-state index contributed by atoms with van der Waals surface area (Å²) in [6.07, 6.45) is -1.63. The van der Waals surface area contributed by atoms with E-state index in [4.69, 9.17) is 20.4 Å². The molecule has 0 spiro atoms. The molecule has 9 heteroatoms. The number of aliphatic carboxylic acids is 2.